The van der Waals surface area contributed by atoms with Gasteiger partial charge >= 0.3 is 0 Å². The molecule has 0 bridgehead atoms. The predicted octanol–water partition coefficient (Wildman–Crippen LogP) is 9.07. The normalized spacial score (nSPS) is 10.8. The molecular weight excluding hydrogens is 804 g/mol. The van der Waals surface area contributed by atoms with Crippen LogP contribution in [-0.2, 0) is 12.4 Å². The van der Waals surface area contributed by atoms with Crippen LogP contribution >= 0.6 is 11.6 Å². The monoisotopic (exact) mass is 875 g/mol. The van der Waals surface area contributed by atoms with Crippen LogP contribution in [0, 0.1) is 27.7 Å². The Morgan fingerprint density at radius 2 is 0.919 bits per heavy atom. The highest BCUT2D eigenvalue weighted by atomic mass is 35.5. The van der Waals surface area contributed by atoms with E-state index in [1.54, 1.807) is 37.4 Å². The maximum Gasteiger partial charge on any atom is 0.272 e. The van der Waals surface area contributed by atoms with Crippen LogP contribution in [0.15, 0.2) is 72.8 Å². The second-order valence-electron chi connectivity index (χ2n) is 17.1. The van der Waals surface area contributed by atoms with E-state index in [1.807, 2.05) is 145 Å². The molecular formula is C49H71ClN6O6. The number of nitrogens with one attached hydrogen (secondary N) is 3. The Morgan fingerprint density at radius 3 is 1.21 bits per heavy atom. The Bertz CT molecular complexity index is 2100. The number of ether oxygens (including phenoxy) is 2. The lowest BCUT2D eigenvalue weighted by molar-refractivity contribution is 0.0356. The third-order valence-corrected chi connectivity index (χ3v) is 9.18. The summed E-state index contributed by atoms with van der Waals surface area (Å²) >= 11 is 6.04. The molecule has 0 aliphatic heterocycles. The minimum absolute atomic E-state index is 0. The number of rotatable bonds is 9. The smallest absolute Gasteiger partial charge is 0.272 e. The lowest BCUT2D eigenvalue weighted by Gasteiger charge is -2.36. The summed E-state index contributed by atoms with van der Waals surface area (Å²) in [4.78, 5) is 54.8. The topological polar surface area (TPSA) is 133 Å². The SMILES string of the molecule is C.CNC.COc1cccc(C(=O)NN(C(=O)c2cc(C)cc(C)c2)C(C)(C)C)c1CCl.COc1cccc(C(=O)NN(C(=O)c2cc(C)cc(C)c2)C(C)(C)C)c1CN(C)C. The van der Waals surface area contributed by atoms with Gasteiger partial charge < -0.3 is 19.7 Å². The average Bonchev–Trinajstić information content (AvgIpc) is 3.16. The number of alkyl halides is 1. The van der Waals surface area contributed by atoms with E-state index in [4.69, 9.17) is 21.1 Å². The molecule has 0 atom stereocenters. The third kappa shape index (κ3) is 15.5. The first kappa shape index (κ1) is 54.6. The first-order valence-electron chi connectivity index (χ1n) is 20.0. The van der Waals surface area contributed by atoms with Crippen LogP contribution in [0.4, 0.5) is 0 Å². The zero-order valence-corrected chi connectivity index (χ0v) is 39.8. The number of nitrogens with zero attached hydrogens (tertiary/aromatic N) is 3. The van der Waals surface area contributed by atoms with Crippen LogP contribution < -0.4 is 25.6 Å². The van der Waals surface area contributed by atoms with Crippen molar-refractivity contribution < 1.29 is 28.7 Å². The molecule has 4 aromatic rings. The van der Waals surface area contributed by atoms with Crippen molar-refractivity contribution in [2.24, 2.45) is 0 Å². The van der Waals surface area contributed by atoms with Crippen LogP contribution in [0.1, 0.15) is 124 Å². The van der Waals surface area contributed by atoms with Gasteiger partial charge in [0.15, 0.2) is 0 Å². The summed E-state index contributed by atoms with van der Waals surface area (Å²) in [5.41, 5.74) is 11.6. The number of aryl methyl sites for hydroxylation is 4. The van der Waals surface area contributed by atoms with Gasteiger partial charge in [-0.25, -0.2) is 10.0 Å². The summed E-state index contributed by atoms with van der Waals surface area (Å²) in [6, 6.07) is 21.8. The fraction of sp³-hybridized carbons (Fsp3) is 0.429. The first-order valence-corrected chi connectivity index (χ1v) is 20.6. The second kappa shape index (κ2) is 24.3. The minimum atomic E-state index is -0.635. The second-order valence-corrected chi connectivity index (χ2v) is 17.4. The summed E-state index contributed by atoms with van der Waals surface area (Å²) in [5.74, 6) is 0.000918. The van der Waals surface area contributed by atoms with E-state index in [-0.39, 0.29) is 31.0 Å². The Balaban J connectivity index is 0.000000575. The molecule has 0 heterocycles. The lowest BCUT2D eigenvalue weighted by Crippen LogP contribution is -2.56. The Labute approximate surface area is 376 Å². The zero-order valence-electron chi connectivity index (χ0n) is 39.0. The van der Waals surface area contributed by atoms with Crippen molar-refractivity contribution in [3.05, 3.63) is 128 Å². The molecule has 0 unspecified atom stereocenters. The maximum atomic E-state index is 13.3. The van der Waals surface area contributed by atoms with E-state index < -0.39 is 17.0 Å². The predicted molar refractivity (Wildman–Crippen MR) is 253 cm³/mol. The van der Waals surface area contributed by atoms with Gasteiger partial charge in [0, 0.05) is 39.9 Å². The highest BCUT2D eigenvalue weighted by molar-refractivity contribution is 6.18. The summed E-state index contributed by atoms with van der Waals surface area (Å²) in [5, 5.41) is 5.52. The summed E-state index contributed by atoms with van der Waals surface area (Å²) in [6.07, 6.45) is 0. The summed E-state index contributed by atoms with van der Waals surface area (Å²) in [7, 11) is 10.7. The van der Waals surface area contributed by atoms with Crippen molar-refractivity contribution in [1.82, 2.24) is 31.1 Å². The number of methoxy groups -OCH3 is 2. The molecule has 4 amide bonds. The number of hydrogen-bond donors (Lipinski definition) is 3. The van der Waals surface area contributed by atoms with Crippen molar-refractivity contribution in [2.75, 3.05) is 42.4 Å². The fourth-order valence-corrected chi connectivity index (χ4v) is 6.66. The number of hydrogen-bond acceptors (Lipinski definition) is 8. The molecule has 62 heavy (non-hydrogen) atoms. The Kier molecular flexibility index (Phi) is 21.4. The average molecular weight is 876 g/mol. The van der Waals surface area contributed by atoms with E-state index in [1.165, 1.54) is 17.1 Å². The van der Waals surface area contributed by atoms with Gasteiger partial charge in [0.2, 0.25) is 0 Å². The molecule has 0 saturated heterocycles. The number of halogens is 1. The van der Waals surface area contributed by atoms with E-state index in [9.17, 15) is 19.2 Å². The number of hydrazine groups is 2. The number of carbonyl (C=O) groups is 4. The molecule has 340 valence electrons. The molecule has 12 nitrogen and oxygen atoms in total. The molecule has 4 rings (SSSR count). The lowest BCUT2D eigenvalue weighted by atomic mass is 10.0. The number of benzene rings is 4. The highest BCUT2D eigenvalue weighted by Crippen LogP contribution is 2.27. The summed E-state index contributed by atoms with van der Waals surface area (Å²) < 4.78 is 10.8. The van der Waals surface area contributed by atoms with Crippen molar-refractivity contribution in [2.45, 2.75) is 100 Å². The maximum absolute atomic E-state index is 13.3. The van der Waals surface area contributed by atoms with Gasteiger partial charge in [-0.2, -0.15) is 0 Å². The molecule has 0 aliphatic carbocycles. The molecule has 0 saturated carbocycles. The van der Waals surface area contributed by atoms with Gasteiger partial charge in [0.25, 0.3) is 23.6 Å². The van der Waals surface area contributed by atoms with Crippen LogP contribution in [0.2, 0.25) is 0 Å². The third-order valence-electron chi connectivity index (χ3n) is 8.91. The molecule has 3 N–H and O–H groups in total. The van der Waals surface area contributed by atoms with Gasteiger partial charge in [0.1, 0.15) is 11.5 Å². The van der Waals surface area contributed by atoms with Crippen LogP contribution in [-0.4, -0.2) is 92.0 Å². The van der Waals surface area contributed by atoms with Gasteiger partial charge in [-0.05, 0) is 146 Å². The van der Waals surface area contributed by atoms with Gasteiger partial charge in [-0.15, -0.1) is 11.6 Å². The molecule has 0 radical (unpaired) electrons. The van der Waals surface area contributed by atoms with E-state index >= 15 is 0 Å². The van der Waals surface area contributed by atoms with Crippen molar-refractivity contribution >= 4 is 35.2 Å². The van der Waals surface area contributed by atoms with Crippen molar-refractivity contribution in [3.63, 3.8) is 0 Å². The quantitative estimate of drug-likeness (QED) is 0.112. The van der Waals surface area contributed by atoms with Gasteiger partial charge in [-0.3, -0.25) is 30.0 Å². The van der Waals surface area contributed by atoms with Crippen LogP contribution in [0.5, 0.6) is 11.5 Å². The molecule has 4 aromatic carbocycles. The van der Waals surface area contributed by atoms with E-state index in [2.05, 4.69) is 16.2 Å². The van der Waals surface area contributed by atoms with E-state index in [0.29, 0.717) is 45.9 Å². The summed E-state index contributed by atoms with van der Waals surface area (Å²) in [6.45, 7) is 19.6. The first-order chi connectivity index (χ1) is 28.4. The van der Waals surface area contributed by atoms with Gasteiger partial charge in [0.05, 0.1) is 31.2 Å². The van der Waals surface area contributed by atoms with E-state index in [0.717, 1.165) is 27.8 Å². The Morgan fingerprint density at radius 1 is 0.597 bits per heavy atom. The molecule has 0 aromatic heterocycles. The van der Waals surface area contributed by atoms with Gasteiger partial charge in [-0.1, -0.05) is 53.9 Å². The standard InChI is InChI=1S/C24H33N3O3.C22H27ClN2O3.C2H7N.CH4/c1-16-12-17(2)14-18(13-16)23(29)27(24(3,4)5)25-22(28)19-10-9-11-21(30-8)20(19)15-26(6)7;1-14-10-15(2)12-16(11-14)21(27)25(22(3,4)5)24-20(26)17-8-7-9-19(28-6)18(17)13-23;1-3-2;/h9-14H,15H2,1-8H3,(H,25,28);7-12H,13H2,1-6H3,(H,24,26);3H,1-2H3;1H4. The zero-order chi connectivity index (χ0) is 46.4. The van der Waals surface area contributed by atoms with Crippen LogP contribution in [0.25, 0.3) is 0 Å². The van der Waals surface area contributed by atoms with Crippen LogP contribution in [0.3, 0.4) is 0 Å². The number of amides is 4. The molecule has 0 fully saturated rings. The molecule has 0 aliphatic rings. The van der Waals surface area contributed by atoms with Crippen molar-refractivity contribution in [3.8, 4) is 11.5 Å². The largest absolute Gasteiger partial charge is 0.496 e. The Hall–Kier alpha value is -5.43. The molecule has 13 heteroatoms. The minimum Gasteiger partial charge on any atom is -0.496 e. The highest BCUT2D eigenvalue weighted by Gasteiger charge is 2.32. The van der Waals surface area contributed by atoms with Crippen molar-refractivity contribution in [1.29, 1.82) is 0 Å². The molecule has 0 spiro atoms. The number of carbonyl (C=O) groups excluding carboxylic acids is 4. The fourth-order valence-electron chi connectivity index (χ4n) is 6.38.